The number of unbranched alkanes of at least 4 members (excludes halogenated alkanes) is 5. The van der Waals surface area contributed by atoms with Crippen LogP contribution in [0.5, 0.6) is 17.2 Å². The van der Waals surface area contributed by atoms with Crippen LogP contribution in [0.2, 0.25) is 0 Å². The summed E-state index contributed by atoms with van der Waals surface area (Å²) in [5, 5.41) is 13.3. The van der Waals surface area contributed by atoms with Gasteiger partial charge in [-0.25, -0.2) is 0 Å². The normalized spacial score (nSPS) is 14.0. The van der Waals surface area contributed by atoms with Crippen LogP contribution in [0, 0.1) is 0 Å². The highest BCUT2D eigenvalue weighted by Gasteiger charge is 2.17. The van der Waals surface area contributed by atoms with Crippen LogP contribution in [0.1, 0.15) is 45.4 Å². The molecule has 1 unspecified atom stereocenters. The molecule has 1 aromatic carbocycles. The van der Waals surface area contributed by atoms with Crippen LogP contribution in [-0.4, -0.2) is 37.7 Å². The van der Waals surface area contributed by atoms with Crippen molar-refractivity contribution in [3.05, 3.63) is 16.6 Å². The Hall–Kier alpha value is -0.980. The smallest absolute Gasteiger partial charge is 0.231 e. The average Bonchev–Trinajstić information content (AvgIpc) is 3.02. The Labute approximate surface area is 152 Å². The van der Waals surface area contributed by atoms with E-state index in [9.17, 15) is 5.11 Å². The van der Waals surface area contributed by atoms with Gasteiger partial charge in [-0.05, 0) is 28.9 Å². The highest BCUT2D eigenvalue weighted by atomic mass is 79.9. The molecule has 0 saturated heterocycles. The molecule has 1 atom stereocenters. The lowest BCUT2D eigenvalue weighted by atomic mass is 10.1. The second-order valence-electron chi connectivity index (χ2n) is 6.07. The molecule has 0 aromatic heterocycles. The van der Waals surface area contributed by atoms with Crippen LogP contribution >= 0.6 is 15.9 Å². The van der Waals surface area contributed by atoms with Gasteiger partial charge in [-0.15, -0.1) is 0 Å². The second kappa shape index (κ2) is 10.8. The van der Waals surface area contributed by atoms with Crippen LogP contribution < -0.4 is 19.5 Å². The van der Waals surface area contributed by atoms with Gasteiger partial charge in [-0.1, -0.05) is 39.0 Å². The maximum atomic E-state index is 10.0. The summed E-state index contributed by atoms with van der Waals surface area (Å²) in [7, 11) is 0. The lowest BCUT2D eigenvalue weighted by Gasteiger charge is -2.14. The Balaban J connectivity index is 1.57. The summed E-state index contributed by atoms with van der Waals surface area (Å²) in [6, 6.07) is 3.60. The predicted molar refractivity (Wildman–Crippen MR) is 98.0 cm³/mol. The van der Waals surface area contributed by atoms with E-state index in [-0.39, 0.29) is 13.4 Å². The Morgan fingerprint density at radius 1 is 1.17 bits per heavy atom. The molecule has 0 aliphatic carbocycles. The van der Waals surface area contributed by atoms with Crippen molar-refractivity contribution in [3.63, 3.8) is 0 Å². The van der Waals surface area contributed by atoms with Crippen molar-refractivity contribution in [2.75, 3.05) is 26.5 Å². The number of halogens is 1. The van der Waals surface area contributed by atoms with Crippen LogP contribution in [0.25, 0.3) is 0 Å². The van der Waals surface area contributed by atoms with Gasteiger partial charge in [0.15, 0.2) is 11.5 Å². The van der Waals surface area contributed by atoms with Crippen molar-refractivity contribution in [2.24, 2.45) is 0 Å². The maximum Gasteiger partial charge on any atom is 0.231 e. The van der Waals surface area contributed by atoms with Crippen LogP contribution in [0.3, 0.4) is 0 Å². The van der Waals surface area contributed by atoms with E-state index in [4.69, 9.17) is 14.2 Å². The molecule has 0 amide bonds. The minimum atomic E-state index is -0.539. The van der Waals surface area contributed by atoms with E-state index in [1.807, 2.05) is 6.07 Å². The van der Waals surface area contributed by atoms with Crippen LogP contribution in [-0.2, 0) is 0 Å². The van der Waals surface area contributed by atoms with E-state index >= 15 is 0 Å². The summed E-state index contributed by atoms with van der Waals surface area (Å²) in [4.78, 5) is 0. The molecule has 6 heteroatoms. The predicted octanol–water partition coefficient (Wildman–Crippen LogP) is 3.87. The number of benzene rings is 1. The van der Waals surface area contributed by atoms with Gasteiger partial charge in [-0.2, -0.15) is 0 Å². The first-order valence-electron chi connectivity index (χ1n) is 8.81. The first-order valence-corrected chi connectivity index (χ1v) is 9.60. The number of aliphatic hydroxyl groups is 1. The molecule has 2 N–H and O–H groups in total. The van der Waals surface area contributed by atoms with Gasteiger partial charge >= 0.3 is 0 Å². The van der Waals surface area contributed by atoms with Gasteiger partial charge in [0.1, 0.15) is 18.5 Å². The lowest BCUT2D eigenvalue weighted by Crippen LogP contribution is -2.32. The van der Waals surface area contributed by atoms with E-state index < -0.39 is 6.10 Å². The first-order chi connectivity index (χ1) is 11.7. The Morgan fingerprint density at radius 2 is 1.88 bits per heavy atom. The highest BCUT2D eigenvalue weighted by molar-refractivity contribution is 9.10. The molecule has 0 bridgehead atoms. The summed E-state index contributed by atoms with van der Waals surface area (Å²) >= 11 is 3.44. The van der Waals surface area contributed by atoms with Crippen molar-refractivity contribution in [3.8, 4) is 17.2 Å². The van der Waals surface area contributed by atoms with Crippen LogP contribution in [0.15, 0.2) is 16.6 Å². The van der Waals surface area contributed by atoms with Crippen molar-refractivity contribution in [1.29, 1.82) is 0 Å². The monoisotopic (exact) mass is 401 g/mol. The average molecular weight is 402 g/mol. The number of fused-ring (bicyclic) bond motifs is 1. The van der Waals surface area contributed by atoms with Crippen molar-refractivity contribution < 1.29 is 19.3 Å². The number of nitrogens with one attached hydrogen (secondary N) is 1. The molecule has 1 aromatic rings. The van der Waals surface area contributed by atoms with E-state index in [1.165, 1.54) is 32.1 Å². The van der Waals surface area contributed by atoms with Gasteiger partial charge < -0.3 is 24.6 Å². The number of aliphatic hydroxyl groups excluding tert-OH is 1. The fourth-order valence-corrected chi connectivity index (χ4v) is 2.99. The summed E-state index contributed by atoms with van der Waals surface area (Å²) in [5.74, 6) is 2.02. The third kappa shape index (κ3) is 6.49. The summed E-state index contributed by atoms with van der Waals surface area (Å²) in [5.41, 5.74) is 0. The SMILES string of the molecule is CCCCCCCCNCC(O)COc1cc2c(cc1Br)OCO2. The summed E-state index contributed by atoms with van der Waals surface area (Å²) in [6.07, 6.45) is 7.12. The standard InChI is InChI=1S/C18H28BrNO4/c1-2-3-4-5-6-7-8-20-11-14(21)12-22-16-10-18-17(9-15(16)19)23-13-24-18/h9-10,14,20-21H,2-8,11-13H2,1H3. The molecule has 1 aliphatic heterocycles. The number of hydrogen-bond donors (Lipinski definition) is 2. The van der Waals surface area contributed by atoms with E-state index in [0.717, 1.165) is 17.4 Å². The molecular weight excluding hydrogens is 374 g/mol. The van der Waals surface area contributed by atoms with Crippen molar-refractivity contribution >= 4 is 15.9 Å². The van der Waals surface area contributed by atoms with Crippen molar-refractivity contribution in [1.82, 2.24) is 5.32 Å². The summed E-state index contributed by atoms with van der Waals surface area (Å²) < 4.78 is 17.1. The highest BCUT2D eigenvalue weighted by Crippen LogP contribution is 2.40. The molecule has 0 saturated carbocycles. The van der Waals surface area contributed by atoms with Gasteiger partial charge in [0.05, 0.1) is 4.47 Å². The quantitative estimate of drug-likeness (QED) is 0.520. The maximum absolute atomic E-state index is 10.0. The van der Waals surface area contributed by atoms with Gasteiger partial charge in [0.25, 0.3) is 0 Å². The minimum Gasteiger partial charge on any atom is -0.490 e. The van der Waals surface area contributed by atoms with E-state index in [1.54, 1.807) is 6.07 Å². The van der Waals surface area contributed by atoms with Crippen LogP contribution in [0.4, 0.5) is 0 Å². The van der Waals surface area contributed by atoms with E-state index in [2.05, 4.69) is 28.2 Å². The number of hydrogen-bond acceptors (Lipinski definition) is 5. The Bertz CT molecular complexity index is 498. The van der Waals surface area contributed by atoms with Gasteiger partial charge in [-0.3, -0.25) is 0 Å². The fraction of sp³-hybridized carbons (Fsp3) is 0.667. The number of ether oxygens (including phenoxy) is 3. The molecule has 1 heterocycles. The minimum absolute atomic E-state index is 0.232. The van der Waals surface area contributed by atoms with Gasteiger partial charge in [0.2, 0.25) is 6.79 Å². The largest absolute Gasteiger partial charge is 0.490 e. The first kappa shape index (κ1) is 19.3. The Morgan fingerprint density at radius 3 is 2.67 bits per heavy atom. The zero-order valence-electron chi connectivity index (χ0n) is 14.4. The topological polar surface area (TPSA) is 60.0 Å². The summed E-state index contributed by atoms with van der Waals surface area (Å²) in [6.45, 7) is 4.18. The fourth-order valence-electron chi connectivity index (χ4n) is 2.55. The molecule has 5 nitrogen and oxygen atoms in total. The van der Waals surface area contributed by atoms with Gasteiger partial charge in [0, 0.05) is 18.7 Å². The van der Waals surface area contributed by atoms with E-state index in [0.29, 0.717) is 23.8 Å². The zero-order valence-corrected chi connectivity index (χ0v) is 15.9. The Kier molecular flexibility index (Phi) is 8.70. The number of rotatable bonds is 12. The third-order valence-corrected chi connectivity index (χ3v) is 4.57. The second-order valence-corrected chi connectivity index (χ2v) is 6.93. The molecular formula is C18H28BrNO4. The molecule has 0 radical (unpaired) electrons. The molecule has 24 heavy (non-hydrogen) atoms. The lowest BCUT2D eigenvalue weighted by molar-refractivity contribution is 0.106. The molecule has 1 aliphatic rings. The van der Waals surface area contributed by atoms with Crippen molar-refractivity contribution in [2.45, 2.75) is 51.6 Å². The molecule has 0 fully saturated rings. The molecule has 136 valence electrons. The molecule has 2 rings (SSSR count). The zero-order chi connectivity index (χ0) is 17.2. The third-order valence-electron chi connectivity index (χ3n) is 3.95. The molecule has 0 spiro atoms.